The van der Waals surface area contributed by atoms with Crippen molar-refractivity contribution in [2.45, 2.75) is 45.2 Å². The predicted molar refractivity (Wildman–Crippen MR) is 104 cm³/mol. The second-order valence-corrected chi connectivity index (χ2v) is 8.17. The Morgan fingerprint density at radius 3 is 2.69 bits per heavy atom. The fraction of sp³-hybridized carbons (Fsp3) is 0.667. The number of nitrogens with one attached hydrogen (secondary N) is 1. The van der Waals surface area contributed by atoms with E-state index in [-0.39, 0.29) is 11.4 Å². The van der Waals surface area contributed by atoms with E-state index in [1.165, 1.54) is 11.1 Å². The molecule has 144 valence electrons. The van der Waals surface area contributed by atoms with E-state index in [1.807, 2.05) is 0 Å². The Bertz CT molecular complexity index is 611. The van der Waals surface area contributed by atoms with Gasteiger partial charge < -0.3 is 10.1 Å². The standard InChI is InChI=1S/C21H33N3O2/c1-17-7-4-5-8-18(17)19-9-6-10-23(19)15-20(25)22-16-21(2,3)24-11-13-26-14-12-24/h4-5,7-8,19H,6,9-16H2,1-3H3,(H,22,25). The first-order valence-electron chi connectivity index (χ1n) is 9.86. The lowest BCUT2D eigenvalue weighted by molar-refractivity contribution is -0.123. The molecule has 0 aromatic heterocycles. The number of aryl methyl sites for hydroxylation is 1. The molecule has 0 bridgehead atoms. The fourth-order valence-corrected chi connectivity index (χ4v) is 4.16. The van der Waals surface area contributed by atoms with Crippen molar-refractivity contribution >= 4 is 5.91 Å². The summed E-state index contributed by atoms with van der Waals surface area (Å²) >= 11 is 0. The van der Waals surface area contributed by atoms with E-state index in [1.54, 1.807) is 0 Å². The maximum atomic E-state index is 12.6. The fourth-order valence-electron chi connectivity index (χ4n) is 4.16. The lowest BCUT2D eigenvalue weighted by Gasteiger charge is -2.41. The number of ether oxygens (including phenoxy) is 1. The number of rotatable bonds is 6. The predicted octanol–water partition coefficient (Wildman–Crippen LogP) is 2.36. The molecular weight excluding hydrogens is 326 g/mol. The van der Waals surface area contributed by atoms with Crippen molar-refractivity contribution in [2.24, 2.45) is 0 Å². The summed E-state index contributed by atoms with van der Waals surface area (Å²) in [4.78, 5) is 17.3. The maximum absolute atomic E-state index is 12.6. The number of hydrogen-bond donors (Lipinski definition) is 1. The van der Waals surface area contributed by atoms with Crippen LogP contribution in [-0.2, 0) is 9.53 Å². The normalized spacial score (nSPS) is 22.5. The molecule has 1 amide bonds. The van der Waals surface area contributed by atoms with Crippen LogP contribution in [0.2, 0.25) is 0 Å². The summed E-state index contributed by atoms with van der Waals surface area (Å²) in [7, 11) is 0. The molecule has 0 aliphatic carbocycles. The maximum Gasteiger partial charge on any atom is 0.234 e. The second kappa shape index (κ2) is 8.51. The van der Waals surface area contributed by atoms with Crippen LogP contribution in [0.25, 0.3) is 0 Å². The third kappa shape index (κ3) is 4.64. The van der Waals surface area contributed by atoms with Gasteiger partial charge in [-0.15, -0.1) is 0 Å². The van der Waals surface area contributed by atoms with Crippen molar-refractivity contribution in [3.63, 3.8) is 0 Å². The van der Waals surface area contributed by atoms with E-state index >= 15 is 0 Å². The van der Waals surface area contributed by atoms with Crippen LogP contribution in [0.1, 0.15) is 43.9 Å². The second-order valence-electron chi connectivity index (χ2n) is 8.17. The quantitative estimate of drug-likeness (QED) is 0.847. The Morgan fingerprint density at radius 1 is 1.23 bits per heavy atom. The minimum Gasteiger partial charge on any atom is -0.379 e. The molecular formula is C21H33N3O2. The SMILES string of the molecule is Cc1ccccc1C1CCCN1CC(=O)NCC(C)(C)N1CCOCC1. The van der Waals surface area contributed by atoms with E-state index < -0.39 is 0 Å². The lowest BCUT2D eigenvalue weighted by atomic mass is 9.99. The van der Waals surface area contributed by atoms with Gasteiger partial charge in [0, 0.05) is 31.2 Å². The highest BCUT2D eigenvalue weighted by Crippen LogP contribution is 2.33. The van der Waals surface area contributed by atoms with Crippen LogP contribution in [0, 0.1) is 6.92 Å². The van der Waals surface area contributed by atoms with Gasteiger partial charge in [-0.3, -0.25) is 14.6 Å². The van der Waals surface area contributed by atoms with E-state index in [2.05, 4.69) is 60.2 Å². The van der Waals surface area contributed by atoms with E-state index in [0.717, 1.165) is 45.7 Å². The third-order valence-electron chi connectivity index (χ3n) is 5.84. The monoisotopic (exact) mass is 359 g/mol. The largest absolute Gasteiger partial charge is 0.379 e. The van der Waals surface area contributed by atoms with Gasteiger partial charge in [0.1, 0.15) is 0 Å². The van der Waals surface area contributed by atoms with Gasteiger partial charge in [-0.05, 0) is 51.3 Å². The molecule has 0 saturated carbocycles. The Morgan fingerprint density at radius 2 is 1.96 bits per heavy atom. The number of carbonyl (C=O) groups is 1. The molecule has 2 fully saturated rings. The van der Waals surface area contributed by atoms with Gasteiger partial charge in [0.15, 0.2) is 0 Å². The molecule has 2 aliphatic heterocycles. The molecule has 2 heterocycles. The van der Waals surface area contributed by atoms with Crippen LogP contribution in [0.15, 0.2) is 24.3 Å². The molecule has 0 radical (unpaired) electrons. The van der Waals surface area contributed by atoms with Crippen LogP contribution < -0.4 is 5.32 Å². The van der Waals surface area contributed by atoms with Crippen molar-refractivity contribution in [1.29, 1.82) is 0 Å². The number of amides is 1. The van der Waals surface area contributed by atoms with Crippen LogP contribution >= 0.6 is 0 Å². The summed E-state index contributed by atoms with van der Waals surface area (Å²) in [6.45, 7) is 12.2. The van der Waals surface area contributed by atoms with Gasteiger partial charge >= 0.3 is 0 Å². The van der Waals surface area contributed by atoms with E-state index in [9.17, 15) is 4.79 Å². The summed E-state index contributed by atoms with van der Waals surface area (Å²) in [6, 6.07) is 8.92. The first kappa shape index (κ1) is 19.3. The van der Waals surface area contributed by atoms with Crippen LogP contribution in [0.5, 0.6) is 0 Å². The van der Waals surface area contributed by atoms with Gasteiger partial charge in [-0.25, -0.2) is 0 Å². The molecule has 26 heavy (non-hydrogen) atoms. The number of likely N-dealkylation sites (tertiary alicyclic amines) is 1. The lowest BCUT2D eigenvalue weighted by Crippen LogP contribution is -2.56. The van der Waals surface area contributed by atoms with Crippen molar-refractivity contribution < 1.29 is 9.53 Å². The number of benzene rings is 1. The topological polar surface area (TPSA) is 44.8 Å². The van der Waals surface area contributed by atoms with Crippen molar-refractivity contribution in [2.75, 3.05) is 45.9 Å². The zero-order chi connectivity index (χ0) is 18.6. The number of carbonyl (C=O) groups excluding carboxylic acids is 1. The third-order valence-corrected chi connectivity index (χ3v) is 5.84. The smallest absolute Gasteiger partial charge is 0.234 e. The average Bonchev–Trinajstić information content (AvgIpc) is 3.09. The summed E-state index contributed by atoms with van der Waals surface area (Å²) in [5.74, 6) is 0.131. The zero-order valence-electron chi connectivity index (χ0n) is 16.5. The molecule has 0 spiro atoms. The number of morpholine rings is 1. The zero-order valence-corrected chi connectivity index (χ0v) is 16.5. The summed E-state index contributed by atoms with van der Waals surface area (Å²) in [5.41, 5.74) is 2.64. The van der Waals surface area contributed by atoms with Gasteiger partial charge in [0.25, 0.3) is 0 Å². The Kier molecular flexibility index (Phi) is 6.33. The molecule has 1 aromatic carbocycles. The molecule has 1 atom stereocenters. The minimum atomic E-state index is -0.0418. The molecule has 1 unspecified atom stereocenters. The minimum absolute atomic E-state index is 0.0418. The molecule has 2 aliphatic rings. The van der Waals surface area contributed by atoms with Gasteiger partial charge in [-0.1, -0.05) is 24.3 Å². The van der Waals surface area contributed by atoms with Gasteiger partial charge in [0.05, 0.1) is 19.8 Å². The molecule has 3 rings (SSSR count). The Hall–Kier alpha value is -1.43. The Balaban J connectivity index is 1.53. The van der Waals surface area contributed by atoms with Crippen LogP contribution in [0.4, 0.5) is 0 Å². The first-order valence-corrected chi connectivity index (χ1v) is 9.86. The van der Waals surface area contributed by atoms with Crippen molar-refractivity contribution in [1.82, 2.24) is 15.1 Å². The van der Waals surface area contributed by atoms with Crippen molar-refractivity contribution in [3.05, 3.63) is 35.4 Å². The number of nitrogens with zero attached hydrogens (tertiary/aromatic N) is 2. The highest BCUT2D eigenvalue weighted by molar-refractivity contribution is 5.78. The van der Waals surface area contributed by atoms with Gasteiger partial charge in [-0.2, -0.15) is 0 Å². The van der Waals surface area contributed by atoms with Gasteiger partial charge in [0.2, 0.25) is 5.91 Å². The Labute approximate surface area is 157 Å². The number of hydrogen-bond acceptors (Lipinski definition) is 4. The molecule has 1 N–H and O–H groups in total. The first-order chi connectivity index (χ1) is 12.5. The summed E-state index contributed by atoms with van der Waals surface area (Å²) in [5, 5.41) is 3.17. The molecule has 1 aromatic rings. The van der Waals surface area contributed by atoms with E-state index in [4.69, 9.17) is 4.74 Å². The molecule has 5 heteroatoms. The molecule has 5 nitrogen and oxygen atoms in total. The van der Waals surface area contributed by atoms with Crippen LogP contribution in [-0.4, -0.2) is 67.2 Å². The summed E-state index contributed by atoms with van der Waals surface area (Å²) < 4.78 is 5.44. The van der Waals surface area contributed by atoms with Crippen molar-refractivity contribution in [3.8, 4) is 0 Å². The highest BCUT2D eigenvalue weighted by Gasteiger charge is 2.31. The summed E-state index contributed by atoms with van der Waals surface area (Å²) in [6.07, 6.45) is 2.29. The highest BCUT2D eigenvalue weighted by atomic mass is 16.5. The molecule has 2 saturated heterocycles. The van der Waals surface area contributed by atoms with E-state index in [0.29, 0.717) is 19.1 Å². The van der Waals surface area contributed by atoms with Crippen LogP contribution in [0.3, 0.4) is 0 Å². The average molecular weight is 360 g/mol.